The molecular formula is C39H49F2NO16. The molecule has 6 rings (SSSR count). The second kappa shape index (κ2) is 16.6. The Hall–Kier alpha value is -3.92. The van der Waals surface area contributed by atoms with Gasteiger partial charge in [0.25, 0.3) is 0 Å². The van der Waals surface area contributed by atoms with Crippen LogP contribution < -0.4 is 9.47 Å². The molecule has 1 aromatic carbocycles. The number of aliphatic hydroxyl groups excluding tert-OH is 1. The summed E-state index contributed by atoms with van der Waals surface area (Å²) < 4.78 is 77.9. The number of Topliss-reactive ketones (excluding diaryl/α,β-unsaturated/α-hetero) is 1. The van der Waals surface area contributed by atoms with Crippen LogP contribution in [0.25, 0.3) is 0 Å². The summed E-state index contributed by atoms with van der Waals surface area (Å²) in [5.74, 6) is -5.20. The van der Waals surface area contributed by atoms with Gasteiger partial charge >= 0.3 is 12.1 Å². The lowest BCUT2D eigenvalue weighted by atomic mass is 9.44. The number of benzene rings is 1. The average Bonchev–Trinajstić information content (AvgIpc) is 3.58. The number of methoxy groups -OCH3 is 1. The van der Waals surface area contributed by atoms with E-state index in [-0.39, 0.29) is 81.5 Å². The minimum Gasteiger partial charge on any atom is -0.493 e. The van der Waals surface area contributed by atoms with Gasteiger partial charge in [-0.2, -0.15) is 0 Å². The smallest absolute Gasteiger partial charge is 0.493 e. The number of halogens is 2. The molecule has 19 heteroatoms. The molecule has 0 radical (unpaired) electrons. The van der Waals surface area contributed by atoms with E-state index in [1.165, 1.54) is 44.4 Å². The lowest BCUT2D eigenvalue weighted by Gasteiger charge is -2.63. The minimum absolute atomic E-state index is 0.0246. The van der Waals surface area contributed by atoms with Gasteiger partial charge in [-0.15, -0.1) is 0 Å². The zero-order chi connectivity index (χ0) is 42.3. The molecule has 3 saturated carbocycles. The maximum absolute atomic E-state index is 17.7. The molecule has 4 fully saturated rings. The van der Waals surface area contributed by atoms with Crippen molar-refractivity contribution in [2.75, 3.05) is 53.4 Å². The second-order valence-electron chi connectivity index (χ2n) is 15.8. The summed E-state index contributed by atoms with van der Waals surface area (Å²) in [5.41, 5.74) is -7.11. The molecule has 0 bridgehead atoms. The summed E-state index contributed by atoms with van der Waals surface area (Å²) in [7, 11) is 1.27. The average molecular weight is 826 g/mol. The van der Waals surface area contributed by atoms with Crippen molar-refractivity contribution in [3.05, 3.63) is 47.6 Å². The molecule has 17 nitrogen and oxygen atoms in total. The van der Waals surface area contributed by atoms with Crippen molar-refractivity contribution >= 4 is 23.7 Å². The van der Waals surface area contributed by atoms with Gasteiger partial charge in [-0.05, 0) is 81.9 Å². The number of rotatable bonds is 16. The Labute approximate surface area is 332 Å². The number of carbonyl (C=O) groups excluding carboxylic acids is 4. The first-order valence-corrected chi connectivity index (χ1v) is 18.9. The van der Waals surface area contributed by atoms with E-state index in [2.05, 4.69) is 4.84 Å². The molecule has 5 aliphatic rings. The fourth-order valence-corrected chi connectivity index (χ4v) is 9.81. The monoisotopic (exact) mass is 825 g/mol. The van der Waals surface area contributed by atoms with Gasteiger partial charge in [0.2, 0.25) is 5.78 Å². The highest BCUT2D eigenvalue weighted by atomic mass is 19.1. The number of aliphatic hydroxyl groups is 1. The molecule has 58 heavy (non-hydrogen) atoms. The van der Waals surface area contributed by atoms with Gasteiger partial charge in [0.15, 0.2) is 40.9 Å². The zero-order valence-electron chi connectivity index (χ0n) is 32.8. The van der Waals surface area contributed by atoms with Gasteiger partial charge in [0.1, 0.15) is 12.8 Å². The predicted octanol–water partition coefficient (Wildman–Crippen LogP) is 3.80. The topological polar surface area (TPSA) is 215 Å². The molecule has 0 amide bonds. The first-order chi connectivity index (χ1) is 27.3. The van der Waals surface area contributed by atoms with E-state index in [0.717, 1.165) is 6.08 Å². The van der Waals surface area contributed by atoms with Gasteiger partial charge in [0.05, 0.1) is 63.3 Å². The number of allylic oxidation sites excluding steroid dienone is 4. The maximum atomic E-state index is 17.7. The van der Waals surface area contributed by atoms with E-state index >= 15 is 8.78 Å². The number of hydrogen-bond acceptors (Lipinski definition) is 17. The highest BCUT2D eigenvalue weighted by molar-refractivity contribution is 6.01. The largest absolute Gasteiger partial charge is 0.514 e. The number of carbonyl (C=O) groups is 4. The summed E-state index contributed by atoms with van der Waals surface area (Å²) in [6, 6.07) is 3.86. The molecule has 0 spiro atoms. The van der Waals surface area contributed by atoms with Gasteiger partial charge in [0, 0.05) is 16.7 Å². The molecule has 320 valence electrons. The van der Waals surface area contributed by atoms with Gasteiger partial charge in [-0.25, -0.2) is 23.2 Å². The van der Waals surface area contributed by atoms with E-state index < -0.39 is 93.8 Å². The van der Waals surface area contributed by atoms with Gasteiger partial charge in [-0.3, -0.25) is 20.0 Å². The third-order valence-corrected chi connectivity index (χ3v) is 12.2. The quantitative estimate of drug-likeness (QED) is 0.0935. The lowest BCUT2D eigenvalue weighted by molar-refractivity contribution is -0.493. The molecule has 1 aromatic rings. The number of nitrogens with zero attached hydrogens (tertiary/aromatic N) is 1. The first-order valence-electron chi connectivity index (χ1n) is 18.9. The van der Waals surface area contributed by atoms with Crippen LogP contribution >= 0.6 is 0 Å². The van der Waals surface area contributed by atoms with Crippen LogP contribution in [0, 0.1) is 22.7 Å². The van der Waals surface area contributed by atoms with Gasteiger partial charge < -0.3 is 43.0 Å². The number of hydrogen-bond donors (Lipinski definition) is 3. The molecule has 3 N–H and O–H groups in total. The van der Waals surface area contributed by atoms with E-state index in [9.17, 15) is 24.3 Å². The maximum Gasteiger partial charge on any atom is 0.514 e. The third kappa shape index (κ3) is 7.67. The Balaban J connectivity index is 1.08. The van der Waals surface area contributed by atoms with Gasteiger partial charge in [-0.1, -0.05) is 13.0 Å². The van der Waals surface area contributed by atoms with Crippen LogP contribution in [0.3, 0.4) is 0 Å². The van der Waals surface area contributed by atoms with Crippen molar-refractivity contribution < 1.29 is 86.2 Å². The molecule has 0 aromatic heterocycles. The Kier molecular flexibility index (Phi) is 12.5. The number of ketones is 2. The number of fused-ring (bicyclic) bond motifs is 7. The number of alkyl halides is 2. The van der Waals surface area contributed by atoms with E-state index in [4.69, 9.17) is 48.3 Å². The normalized spacial score (nSPS) is 34.4. The van der Waals surface area contributed by atoms with E-state index in [1.54, 1.807) is 20.8 Å². The summed E-state index contributed by atoms with van der Waals surface area (Å²) in [6.07, 6.45) is -2.53. The van der Waals surface area contributed by atoms with E-state index in [1.807, 2.05) is 0 Å². The van der Waals surface area contributed by atoms with Crippen LogP contribution in [-0.4, -0.2) is 133 Å². The third-order valence-electron chi connectivity index (χ3n) is 12.2. The van der Waals surface area contributed by atoms with Crippen molar-refractivity contribution in [3.63, 3.8) is 0 Å². The molecule has 1 saturated heterocycles. The van der Waals surface area contributed by atoms with Crippen molar-refractivity contribution in [2.45, 2.75) is 82.4 Å². The Morgan fingerprint density at radius 2 is 1.64 bits per heavy atom. The minimum atomic E-state index is -2.39. The van der Waals surface area contributed by atoms with Crippen LogP contribution in [0.5, 0.6) is 11.5 Å². The molecule has 4 aliphatic carbocycles. The van der Waals surface area contributed by atoms with Crippen molar-refractivity contribution in [3.8, 4) is 11.5 Å². The fourth-order valence-electron chi connectivity index (χ4n) is 9.81. The zero-order valence-corrected chi connectivity index (χ0v) is 32.8. The highest BCUT2D eigenvalue weighted by Gasteiger charge is 2.80. The standard InChI is InChI=1S/C39H49F2NO16/c1-35(2)57-32-19-24-25-18-27(40)26-17-23(43)8-9-36(26,3)38(25,41)30(44)20-37(24,4)39(32,58-35)31(45)21-54-34(47)56-28-7-6-22(16-29(28)50-5)33(46)53-14-12-51-10-11-52-13-15-55-42(48)49/h6-9,16-17,24-25,27,30,32,44,48-49H,10-15,18-21H2,1-5H3/t24?,25?,27-,30-,32+,36-,37-,38-,39+/m0/s1. The van der Waals surface area contributed by atoms with Crippen molar-refractivity contribution in [2.24, 2.45) is 22.7 Å². The Bertz CT molecular complexity index is 1820. The van der Waals surface area contributed by atoms with Crippen LogP contribution in [0.4, 0.5) is 13.6 Å². The number of esters is 1. The van der Waals surface area contributed by atoms with Crippen LogP contribution in [0.2, 0.25) is 0 Å². The second-order valence-corrected chi connectivity index (χ2v) is 15.8. The van der Waals surface area contributed by atoms with Crippen LogP contribution in [0.1, 0.15) is 57.3 Å². The van der Waals surface area contributed by atoms with Crippen LogP contribution in [-0.2, 0) is 42.8 Å². The van der Waals surface area contributed by atoms with Crippen LogP contribution in [0.15, 0.2) is 42.0 Å². The first kappa shape index (κ1) is 43.7. The van der Waals surface area contributed by atoms with Crippen molar-refractivity contribution in [1.82, 2.24) is 5.39 Å². The number of ether oxygens (including phenoxy) is 8. The molecule has 1 aliphatic heterocycles. The van der Waals surface area contributed by atoms with Crippen molar-refractivity contribution in [1.29, 1.82) is 0 Å². The Morgan fingerprint density at radius 1 is 0.948 bits per heavy atom. The fraction of sp³-hybridized carbons (Fsp3) is 0.641. The molecule has 9 atom stereocenters. The summed E-state index contributed by atoms with van der Waals surface area (Å²) >= 11 is 0. The summed E-state index contributed by atoms with van der Waals surface area (Å²) in [4.78, 5) is 56.5. The Morgan fingerprint density at radius 3 is 2.33 bits per heavy atom. The SMILES string of the molecule is COc1cc(C(=O)OCCOCCOCCON(O)O)ccc1OC(=O)OCC(=O)[C@@]12OC(C)(C)O[C@@H]1CC1C3C[C@H](F)C4=CC(=O)C=C[C@]4(C)[C@@]3(F)[C@@H](O)C[C@@]12C. The predicted molar refractivity (Wildman–Crippen MR) is 190 cm³/mol. The van der Waals surface area contributed by atoms with E-state index in [0.29, 0.717) is 0 Å². The summed E-state index contributed by atoms with van der Waals surface area (Å²) in [6.45, 7) is 5.84. The molecule has 1 heterocycles. The lowest BCUT2D eigenvalue weighted by Crippen LogP contribution is -2.71. The highest BCUT2D eigenvalue weighted by Crippen LogP contribution is 2.72. The summed E-state index contributed by atoms with van der Waals surface area (Å²) in [5, 5.41) is 28.2. The molecule has 2 unspecified atom stereocenters. The molecular weight excluding hydrogens is 776 g/mol.